The van der Waals surface area contributed by atoms with Crippen molar-refractivity contribution >= 4 is 108 Å². The van der Waals surface area contributed by atoms with Crippen molar-refractivity contribution in [3.05, 3.63) is 44.1 Å². The van der Waals surface area contributed by atoms with Crippen molar-refractivity contribution in [2.24, 2.45) is 5.92 Å². The number of ketones is 2. The van der Waals surface area contributed by atoms with E-state index in [9.17, 15) is 14.4 Å². The Morgan fingerprint density at radius 2 is 1.35 bits per heavy atom. The van der Waals surface area contributed by atoms with E-state index < -0.39 is 5.97 Å². The Hall–Kier alpha value is -0.230. The molecule has 0 aliphatic carbocycles. The molecule has 1 N–H and O–H groups in total. The minimum atomic E-state index is -0.855. The third kappa shape index (κ3) is 13.0. The summed E-state index contributed by atoms with van der Waals surface area (Å²) in [4.78, 5) is 35.0. The van der Waals surface area contributed by atoms with Crippen molar-refractivity contribution in [1.82, 2.24) is 0 Å². The summed E-state index contributed by atoms with van der Waals surface area (Å²) in [5.74, 6) is 1.71. The molecule has 2 aromatic carbocycles. The number of carbonyl (C=O) groups excluding carboxylic acids is 2. The molecule has 0 bridgehead atoms. The van der Waals surface area contributed by atoms with Gasteiger partial charge in [0.1, 0.15) is 23.1 Å². The van der Waals surface area contributed by atoms with Crippen molar-refractivity contribution in [3.8, 4) is 17.2 Å². The number of hydrogen-bond acceptors (Lipinski definition) is 5. The van der Waals surface area contributed by atoms with Crippen LogP contribution in [0.1, 0.15) is 83.6 Å². The van der Waals surface area contributed by atoms with E-state index in [1.807, 2.05) is 38.1 Å². The van der Waals surface area contributed by atoms with Gasteiger partial charge in [0.25, 0.3) is 0 Å². The fourth-order valence-corrected chi connectivity index (χ4v) is 8.34. The SMILES string of the molecule is CCCC(=O)CC(C)C(=O)CCCCCCCCOc1c(I)cc(Oc2c(I)cc(CC(=O)O)cc2I)cc1I. The average molecular weight is 1000 g/mol. The second-order valence-corrected chi connectivity index (χ2v) is 14.5. The number of Topliss-reactive ketones (excluding diaryl/α,β-unsaturated/α-hetero) is 2. The van der Waals surface area contributed by atoms with Gasteiger partial charge in [-0.05, 0) is 139 Å². The molecule has 0 aromatic heterocycles. The third-order valence-corrected chi connectivity index (χ3v) is 9.49. The van der Waals surface area contributed by atoms with Gasteiger partial charge in [0.15, 0.2) is 5.75 Å². The molecule has 0 aliphatic heterocycles. The number of aliphatic carboxylic acids is 1. The number of carbonyl (C=O) groups is 3. The first kappa shape index (κ1) is 36.0. The lowest BCUT2D eigenvalue weighted by Gasteiger charge is -2.15. The smallest absolute Gasteiger partial charge is 0.307 e. The highest BCUT2D eigenvalue weighted by molar-refractivity contribution is 14.1. The van der Waals surface area contributed by atoms with E-state index in [0.717, 1.165) is 76.3 Å². The number of unbranched alkanes of at least 4 members (excludes halogenated alkanes) is 5. The lowest BCUT2D eigenvalue weighted by molar-refractivity contribution is -0.136. The molecule has 10 heteroatoms. The van der Waals surface area contributed by atoms with Crippen LogP contribution in [0.15, 0.2) is 24.3 Å². The van der Waals surface area contributed by atoms with Crippen molar-refractivity contribution in [1.29, 1.82) is 0 Å². The first-order chi connectivity index (χ1) is 19.0. The Labute approximate surface area is 292 Å². The molecule has 220 valence electrons. The van der Waals surface area contributed by atoms with E-state index in [4.69, 9.17) is 14.6 Å². The number of hydrogen-bond donors (Lipinski definition) is 1. The maximum absolute atomic E-state index is 12.2. The Morgan fingerprint density at radius 1 is 0.800 bits per heavy atom. The predicted octanol–water partition coefficient (Wildman–Crippen LogP) is 9.60. The summed E-state index contributed by atoms with van der Waals surface area (Å²) in [7, 11) is 0. The quantitative estimate of drug-likeness (QED) is 0.112. The molecule has 6 nitrogen and oxygen atoms in total. The van der Waals surface area contributed by atoms with Gasteiger partial charge in [-0.2, -0.15) is 0 Å². The van der Waals surface area contributed by atoms with Crippen molar-refractivity contribution in [2.75, 3.05) is 6.61 Å². The summed E-state index contributed by atoms with van der Waals surface area (Å²) >= 11 is 8.90. The molecule has 0 saturated heterocycles. The molecular formula is C30H36I4O6. The maximum atomic E-state index is 12.2. The van der Waals surface area contributed by atoms with E-state index in [1.54, 1.807) is 0 Å². The van der Waals surface area contributed by atoms with E-state index in [2.05, 4.69) is 90.4 Å². The van der Waals surface area contributed by atoms with Crippen molar-refractivity contribution in [3.63, 3.8) is 0 Å². The number of carboxylic acid groups (broad SMARTS) is 1. The number of ether oxygens (including phenoxy) is 2. The Morgan fingerprint density at radius 3 is 1.93 bits per heavy atom. The van der Waals surface area contributed by atoms with Gasteiger partial charge in [0, 0.05) is 25.2 Å². The van der Waals surface area contributed by atoms with Gasteiger partial charge in [0.05, 0.1) is 27.3 Å². The Kier molecular flexibility index (Phi) is 17.2. The highest BCUT2D eigenvalue weighted by atomic mass is 127. The van der Waals surface area contributed by atoms with Gasteiger partial charge in [-0.3, -0.25) is 14.4 Å². The Bertz CT molecular complexity index is 1120. The fourth-order valence-electron chi connectivity index (χ4n) is 4.20. The topological polar surface area (TPSA) is 89.9 Å². The van der Waals surface area contributed by atoms with Crippen LogP contribution in [0.3, 0.4) is 0 Å². The number of carboxylic acids is 1. The molecule has 0 fully saturated rings. The van der Waals surface area contributed by atoms with Crippen LogP contribution in [0.2, 0.25) is 0 Å². The van der Waals surface area contributed by atoms with Gasteiger partial charge < -0.3 is 14.6 Å². The summed E-state index contributed by atoms with van der Waals surface area (Å²) in [5.41, 5.74) is 0.748. The molecule has 0 radical (unpaired) electrons. The first-order valence-corrected chi connectivity index (χ1v) is 17.9. The molecule has 40 heavy (non-hydrogen) atoms. The van der Waals surface area contributed by atoms with Gasteiger partial charge >= 0.3 is 5.97 Å². The minimum Gasteiger partial charge on any atom is -0.491 e. The zero-order valence-electron chi connectivity index (χ0n) is 22.9. The van der Waals surface area contributed by atoms with Crippen LogP contribution >= 0.6 is 90.4 Å². The fraction of sp³-hybridized carbons (Fsp3) is 0.500. The summed E-state index contributed by atoms with van der Waals surface area (Å²) in [6, 6.07) is 7.60. The molecule has 2 aromatic rings. The highest BCUT2D eigenvalue weighted by Gasteiger charge is 2.17. The summed E-state index contributed by atoms with van der Waals surface area (Å²) in [6.07, 6.45) is 8.59. The summed E-state index contributed by atoms with van der Waals surface area (Å²) in [6.45, 7) is 4.52. The van der Waals surface area contributed by atoms with Crippen molar-refractivity contribution < 1.29 is 29.0 Å². The van der Waals surface area contributed by atoms with E-state index in [0.29, 0.717) is 31.6 Å². The normalized spacial score (nSPS) is 11.8. The van der Waals surface area contributed by atoms with E-state index in [-0.39, 0.29) is 23.9 Å². The van der Waals surface area contributed by atoms with Crippen LogP contribution in [-0.2, 0) is 20.8 Å². The standard InChI is InChI=1S/C30H36I4O6/c1-3-10-21(35)13-19(2)27(36)11-8-6-4-5-7-9-12-39-29-25(33)17-22(18-26(29)34)40-30-23(31)14-20(15-24(30)32)16-28(37)38/h14-15,17-19H,3-13,16H2,1-2H3,(H,37,38). The second kappa shape index (κ2) is 19.1. The van der Waals surface area contributed by atoms with E-state index >= 15 is 0 Å². The minimum absolute atomic E-state index is 0.0161. The molecule has 0 spiro atoms. The third-order valence-electron chi connectivity index (χ3n) is 6.28. The summed E-state index contributed by atoms with van der Waals surface area (Å²) < 4.78 is 16.0. The highest BCUT2D eigenvalue weighted by Crippen LogP contribution is 2.37. The molecule has 0 amide bonds. The lowest BCUT2D eigenvalue weighted by atomic mass is 9.94. The molecule has 0 heterocycles. The monoisotopic (exact) mass is 1000 g/mol. The molecule has 1 unspecified atom stereocenters. The molecule has 2 rings (SSSR count). The molecule has 0 saturated carbocycles. The van der Waals surface area contributed by atoms with Crippen LogP contribution in [0, 0.1) is 20.2 Å². The van der Waals surface area contributed by atoms with Crippen LogP contribution in [0.5, 0.6) is 17.2 Å². The maximum Gasteiger partial charge on any atom is 0.307 e. The number of benzene rings is 2. The van der Waals surface area contributed by atoms with Gasteiger partial charge in [-0.25, -0.2) is 0 Å². The average Bonchev–Trinajstić information content (AvgIpc) is 2.86. The first-order valence-electron chi connectivity index (χ1n) is 13.6. The number of rotatable bonds is 19. The van der Waals surface area contributed by atoms with Gasteiger partial charge in [0.2, 0.25) is 0 Å². The summed E-state index contributed by atoms with van der Waals surface area (Å²) in [5, 5.41) is 9.07. The van der Waals surface area contributed by atoms with Gasteiger partial charge in [-0.1, -0.05) is 39.5 Å². The zero-order chi connectivity index (χ0) is 29.7. The van der Waals surface area contributed by atoms with Crippen LogP contribution in [-0.4, -0.2) is 29.2 Å². The van der Waals surface area contributed by atoms with Crippen molar-refractivity contribution in [2.45, 2.75) is 84.5 Å². The second-order valence-electron chi connectivity index (χ2n) is 9.86. The molecular weight excluding hydrogens is 964 g/mol. The zero-order valence-corrected chi connectivity index (χ0v) is 31.5. The number of halogens is 4. The van der Waals surface area contributed by atoms with Gasteiger partial charge in [-0.15, -0.1) is 0 Å². The Balaban J connectivity index is 1.72. The molecule has 0 aliphatic rings. The predicted molar refractivity (Wildman–Crippen MR) is 192 cm³/mol. The molecule has 1 atom stereocenters. The van der Waals surface area contributed by atoms with E-state index in [1.165, 1.54) is 0 Å². The largest absolute Gasteiger partial charge is 0.491 e. The van der Waals surface area contributed by atoms with Crippen LogP contribution in [0.25, 0.3) is 0 Å². The van der Waals surface area contributed by atoms with Crippen LogP contribution < -0.4 is 9.47 Å². The lowest BCUT2D eigenvalue weighted by Crippen LogP contribution is -2.15. The van der Waals surface area contributed by atoms with Crippen LogP contribution in [0.4, 0.5) is 0 Å².